The van der Waals surface area contributed by atoms with E-state index >= 15 is 0 Å². The lowest BCUT2D eigenvalue weighted by Crippen LogP contribution is -2.49. The van der Waals surface area contributed by atoms with Crippen molar-refractivity contribution in [3.05, 3.63) is 63.1 Å². The van der Waals surface area contributed by atoms with Crippen molar-refractivity contribution < 1.29 is 9.59 Å². The van der Waals surface area contributed by atoms with Crippen LogP contribution in [0.3, 0.4) is 0 Å². The van der Waals surface area contributed by atoms with Crippen molar-refractivity contribution in [2.24, 2.45) is 0 Å². The van der Waals surface area contributed by atoms with Gasteiger partial charge >= 0.3 is 0 Å². The van der Waals surface area contributed by atoms with Gasteiger partial charge in [-0.15, -0.1) is 11.8 Å². The molecule has 1 atom stereocenters. The van der Waals surface area contributed by atoms with Gasteiger partial charge in [0, 0.05) is 33.1 Å². The second kappa shape index (κ2) is 12.5. The number of rotatable bonds is 10. The van der Waals surface area contributed by atoms with Crippen molar-refractivity contribution in [1.29, 1.82) is 0 Å². The Morgan fingerprint density at radius 3 is 2.30 bits per heavy atom. The fourth-order valence-electron chi connectivity index (χ4n) is 2.88. The summed E-state index contributed by atoms with van der Waals surface area (Å²) in [6.07, 6.45) is 1.32. The first-order valence-electron chi connectivity index (χ1n) is 9.75. The molecule has 2 aromatic carbocycles. The van der Waals surface area contributed by atoms with Gasteiger partial charge < -0.3 is 10.2 Å². The van der Waals surface area contributed by atoms with E-state index in [2.05, 4.69) is 5.32 Å². The van der Waals surface area contributed by atoms with Crippen LogP contribution in [0.5, 0.6) is 0 Å². The normalized spacial score (nSPS) is 11.8. The summed E-state index contributed by atoms with van der Waals surface area (Å²) in [6, 6.07) is 11.9. The number of halogens is 3. The zero-order chi connectivity index (χ0) is 22.1. The molecule has 0 aliphatic rings. The fourth-order valence-corrected chi connectivity index (χ4v) is 4.26. The molecule has 1 unspecified atom stereocenters. The molecule has 0 bridgehead atoms. The minimum absolute atomic E-state index is 0.139. The van der Waals surface area contributed by atoms with Gasteiger partial charge in [-0.05, 0) is 54.8 Å². The Hall–Kier alpha value is -1.40. The molecule has 0 aliphatic carbocycles. The molecule has 0 saturated heterocycles. The van der Waals surface area contributed by atoms with Crippen LogP contribution in [0.15, 0.2) is 47.4 Å². The number of nitrogens with one attached hydrogen (secondary N) is 1. The molecular formula is C22H25Cl3N2O2S. The zero-order valence-corrected chi connectivity index (χ0v) is 20.0. The maximum Gasteiger partial charge on any atom is 0.242 e. The lowest BCUT2D eigenvalue weighted by Gasteiger charge is -2.31. The smallest absolute Gasteiger partial charge is 0.242 e. The van der Waals surface area contributed by atoms with Crippen LogP contribution in [0.1, 0.15) is 32.3 Å². The van der Waals surface area contributed by atoms with Crippen LogP contribution in [0.25, 0.3) is 0 Å². The summed E-state index contributed by atoms with van der Waals surface area (Å²) >= 11 is 19.7. The second-order valence-corrected chi connectivity index (χ2v) is 9.04. The summed E-state index contributed by atoms with van der Waals surface area (Å²) in [6.45, 7) is 4.68. The van der Waals surface area contributed by atoms with E-state index in [0.717, 1.165) is 16.9 Å². The molecule has 4 nitrogen and oxygen atoms in total. The Balaban J connectivity index is 2.22. The lowest BCUT2D eigenvalue weighted by molar-refractivity contribution is -0.139. The number of hydrogen-bond donors (Lipinski definition) is 1. The predicted molar refractivity (Wildman–Crippen MR) is 127 cm³/mol. The monoisotopic (exact) mass is 486 g/mol. The Morgan fingerprint density at radius 1 is 1.03 bits per heavy atom. The number of nitrogens with zero attached hydrogens (tertiary/aromatic N) is 1. The van der Waals surface area contributed by atoms with Crippen LogP contribution >= 0.6 is 46.6 Å². The van der Waals surface area contributed by atoms with Crippen LogP contribution in [0.4, 0.5) is 0 Å². The van der Waals surface area contributed by atoms with Gasteiger partial charge in [-0.1, -0.05) is 54.7 Å². The molecule has 2 rings (SSSR count). The number of hydrogen-bond acceptors (Lipinski definition) is 3. The summed E-state index contributed by atoms with van der Waals surface area (Å²) < 4.78 is 0. The SMILES string of the molecule is CCCNC(=O)C(CC)N(Cc1ccc(Cl)cc1Cl)C(=O)CSc1ccc(Cl)cc1. The van der Waals surface area contributed by atoms with Crippen molar-refractivity contribution in [3.63, 3.8) is 0 Å². The second-order valence-electron chi connectivity index (χ2n) is 6.72. The summed E-state index contributed by atoms with van der Waals surface area (Å²) in [5, 5.41) is 4.53. The molecule has 30 heavy (non-hydrogen) atoms. The van der Waals surface area contributed by atoms with Gasteiger partial charge in [0.05, 0.1) is 5.75 Å². The third-order valence-corrected chi connectivity index (χ3v) is 6.30. The van der Waals surface area contributed by atoms with Crippen LogP contribution in [0, 0.1) is 0 Å². The largest absolute Gasteiger partial charge is 0.354 e. The summed E-state index contributed by atoms with van der Waals surface area (Å²) in [4.78, 5) is 28.4. The highest BCUT2D eigenvalue weighted by Crippen LogP contribution is 2.25. The van der Waals surface area contributed by atoms with E-state index in [4.69, 9.17) is 34.8 Å². The average molecular weight is 488 g/mol. The van der Waals surface area contributed by atoms with Crippen molar-refractivity contribution in [2.75, 3.05) is 12.3 Å². The molecule has 0 aliphatic heterocycles. The first kappa shape index (κ1) is 24.9. The number of carbonyl (C=O) groups excluding carboxylic acids is 2. The molecule has 8 heteroatoms. The van der Waals surface area contributed by atoms with Gasteiger partial charge in [0.1, 0.15) is 6.04 Å². The van der Waals surface area contributed by atoms with E-state index in [0.29, 0.717) is 28.0 Å². The summed E-state index contributed by atoms with van der Waals surface area (Å²) in [5.41, 5.74) is 0.743. The third kappa shape index (κ3) is 7.38. The Morgan fingerprint density at radius 2 is 1.70 bits per heavy atom. The molecule has 0 saturated carbocycles. The molecule has 2 aromatic rings. The molecular weight excluding hydrogens is 463 g/mol. The van der Waals surface area contributed by atoms with Crippen LogP contribution in [-0.2, 0) is 16.1 Å². The quantitative estimate of drug-likeness (QED) is 0.414. The number of carbonyl (C=O) groups is 2. The Kier molecular flexibility index (Phi) is 10.3. The molecule has 0 aromatic heterocycles. The Labute approximate surface area is 197 Å². The van der Waals surface area contributed by atoms with Crippen molar-refractivity contribution in [2.45, 2.75) is 44.2 Å². The van der Waals surface area contributed by atoms with E-state index in [9.17, 15) is 9.59 Å². The van der Waals surface area contributed by atoms with E-state index in [1.54, 1.807) is 35.2 Å². The van der Waals surface area contributed by atoms with Crippen molar-refractivity contribution >= 4 is 58.4 Å². The minimum atomic E-state index is -0.582. The standard InChI is InChI=1S/C22H25Cl3N2O2S/c1-3-11-26-22(29)20(4-2)27(13-15-5-6-17(24)12-19(15)25)21(28)14-30-18-9-7-16(23)8-10-18/h5-10,12,20H,3-4,11,13-14H2,1-2H3,(H,26,29). The minimum Gasteiger partial charge on any atom is -0.354 e. The number of benzene rings is 2. The highest BCUT2D eigenvalue weighted by Gasteiger charge is 2.28. The molecule has 1 N–H and O–H groups in total. The zero-order valence-electron chi connectivity index (χ0n) is 17.0. The van der Waals surface area contributed by atoms with E-state index in [-0.39, 0.29) is 24.1 Å². The van der Waals surface area contributed by atoms with E-state index < -0.39 is 6.04 Å². The van der Waals surface area contributed by atoms with Gasteiger partial charge in [-0.25, -0.2) is 0 Å². The van der Waals surface area contributed by atoms with Crippen LogP contribution < -0.4 is 5.32 Å². The molecule has 0 spiro atoms. The Bertz CT molecular complexity index is 862. The van der Waals surface area contributed by atoms with Crippen LogP contribution in [-0.4, -0.2) is 35.1 Å². The molecule has 2 amide bonds. The van der Waals surface area contributed by atoms with Crippen molar-refractivity contribution in [1.82, 2.24) is 10.2 Å². The number of thioether (sulfide) groups is 1. The summed E-state index contributed by atoms with van der Waals surface area (Å²) in [5.74, 6) is -0.0987. The van der Waals surface area contributed by atoms with E-state index in [1.165, 1.54) is 11.8 Å². The maximum absolute atomic E-state index is 13.2. The first-order valence-corrected chi connectivity index (χ1v) is 11.9. The highest BCUT2D eigenvalue weighted by atomic mass is 35.5. The van der Waals surface area contributed by atoms with Gasteiger partial charge in [0.25, 0.3) is 0 Å². The highest BCUT2D eigenvalue weighted by molar-refractivity contribution is 8.00. The topological polar surface area (TPSA) is 49.4 Å². The van der Waals surface area contributed by atoms with Gasteiger partial charge in [0.2, 0.25) is 11.8 Å². The third-order valence-electron chi connectivity index (χ3n) is 4.47. The van der Waals surface area contributed by atoms with Crippen LogP contribution in [0.2, 0.25) is 15.1 Å². The van der Waals surface area contributed by atoms with Gasteiger partial charge in [-0.2, -0.15) is 0 Å². The predicted octanol–water partition coefficient (Wildman–Crippen LogP) is 6.07. The molecule has 0 radical (unpaired) electrons. The lowest BCUT2D eigenvalue weighted by atomic mass is 10.1. The van der Waals surface area contributed by atoms with Gasteiger partial charge in [-0.3, -0.25) is 9.59 Å². The van der Waals surface area contributed by atoms with Gasteiger partial charge in [0.15, 0.2) is 0 Å². The first-order chi connectivity index (χ1) is 14.3. The molecule has 0 heterocycles. The summed E-state index contributed by atoms with van der Waals surface area (Å²) in [7, 11) is 0. The fraction of sp³-hybridized carbons (Fsp3) is 0.364. The van der Waals surface area contributed by atoms with E-state index in [1.807, 2.05) is 26.0 Å². The molecule has 162 valence electrons. The number of amides is 2. The van der Waals surface area contributed by atoms with Crippen molar-refractivity contribution in [3.8, 4) is 0 Å². The average Bonchev–Trinajstić information content (AvgIpc) is 2.73. The molecule has 0 fully saturated rings. The maximum atomic E-state index is 13.2.